The molecule has 3 atom stereocenters. The summed E-state index contributed by atoms with van der Waals surface area (Å²) in [6.07, 6.45) is 7.33. The number of aryl methyl sites for hydroxylation is 1. The lowest BCUT2D eigenvalue weighted by atomic mass is 10.0. The van der Waals surface area contributed by atoms with Crippen LogP contribution in [0.15, 0.2) is 42.9 Å². The number of nitrogens with one attached hydrogen (secondary N) is 1. The van der Waals surface area contributed by atoms with Gasteiger partial charge in [0, 0.05) is 30.7 Å². The molecular weight excluding hydrogens is 278 g/mol. The molecule has 0 aliphatic heterocycles. The van der Waals surface area contributed by atoms with Crippen LogP contribution < -0.4 is 5.32 Å². The Hall–Kier alpha value is -2.27. The molecule has 0 amide bonds. The fourth-order valence-corrected chi connectivity index (χ4v) is 3.60. The van der Waals surface area contributed by atoms with Crippen molar-refractivity contribution in [3.05, 3.63) is 59.7 Å². The molecule has 2 aliphatic rings. The molecule has 1 aromatic carbocycles. The quantitative estimate of drug-likeness (QED) is 0.900. The molecule has 1 fully saturated rings. The number of benzene rings is 1. The van der Waals surface area contributed by atoms with Gasteiger partial charge < -0.3 is 10.4 Å². The summed E-state index contributed by atoms with van der Waals surface area (Å²) in [4.78, 5) is 20.0. The standard InChI is InChI=1S/C17H17N3O2/c21-16(22)17(15-10-18-7-8-19-15)9-14(17)20-13-6-5-11-3-1-2-4-12(11)13/h1-4,7-8,10,13-14,20H,5-6,9H2,(H,21,22). The Balaban J connectivity index is 1.57. The van der Waals surface area contributed by atoms with Crippen molar-refractivity contribution in [3.8, 4) is 0 Å². The van der Waals surface area contributed by atoms with Crippen molar-refractivity contribution in [3.63, 3.8) is 0 Å². The average molecular weight is 295 g/mol. The molecule has 1 saturated carbocycles. The highest BCUT2D eigenvalue weighted by Gasteiger charge is 2.63. The van der Waals surface area contributed by atoms with Crippen LogP contribution in [0.2, 0.25) is 0 Å². The van der Waals surface area contributed by atoms with Gasteiger partial charge in [0.2, 0.25) is 0 Å². The van der Waals surface area contributed by atoms with Crippen LogP contribution in [0.1, 0.15) is 35.7 Å². The molecule has 1 heterocycles. The second-order valence-corrected chi connectivity index (χ2v) is 6.08. The summed E-state index contributed by atoms with van der Waals surface area (Å²) in [6, 6.07) is 8.53. The van der Waals surface area contributed by atoms with Gasteiger partial charge in [-0.2, -0.15) is 0 Å². The third-order valence-electron chi connectivity index (χ3n) is 4.90. The van der Waals surface area contributed by atoms with Crippen molar-refractivity contribution in [1.82, 2.24) is 15.3 Å². The van der Waals surface area contributed by atoms with Crippen LogP contribution in [-0.2, 0) is 16.6 Å². The van der Waals surface area contributed by atoms with E-state index in [0.29, 0.717) is 12.1 Å². The summed E-state index contributed by atoms with van der Waals surface area (Å²) in [7, 11) is 0. The van der Waals surface area contributed by atoms with E-state index in [-0.39, 0.29) is 12.1 Å². The van der Waals surface area contributed by atoms with Crippen molar-refractivity contribution < 1.29 is 9.90 Å². The number of carboxylic acid groups (broad SMARTS) is 1. The molecule has 4 rings (SSSR count). The van der Waals surface area contributed by atoms with E-state index in [9.17, 15) is 9.90 Å². The number of aromatic nitrogens is 2. The van der Waals surface area contributed by atoms with Gasteiger partial charge in [-0.25, -0.2) is 0 Å². The maximum absolute atomic E-state index is 11.8. The van der Waals surface area contributed by atoms with E-state index in [1.165, 1.54) is 11.1 Å². The Bertz CT molecular complexity index is 719. The van der Waals surface area contributed by atoms with Crippen LogP contribution in [0.3, 0.4) is 0 Å². The van der Waals surface area contributed by atoms with Crippen molar-refractivity contribution in [2.75, 3.05) is 0 Å². The predicted octanol–water partition coefficient (Wildman–Crippen LogP) is 1.85. The Morgan fingerprint density at radius 3 is 2.95 bits per heavy atom. The van der Waals surface area contributed by atoms with Gasteiger partial charge in [0.1, 0.15) is 5.41 Å². The van der Waals surface area contributed by atoms with Gasteiger partial charge in [-0.3, -0.25) is 14.8 Å². The monoisotopic (exact) mass is 295 g/mol. The number of carboxylic acids is 1. The maximum Gasteiger partial charge on any atom is 0.317 e. The van der Waals surface area contributed by atoms with Gasteiger partial charge in [0.25, 0.3) is 0 Å². The first-order valence-electron chi connectivity index (χ1n) is 7.55. The van der Waals surface area contributed by atoms with Crippen molar-refractivity contribution in [2.24, 2.45) is 0 Å². The lowest BCUT2D eigenvalue weighted by Gasteiger charge is -2.17. The maximum atomic E-state index is 11.8. The topological polar surface area (TPSA) is 75.1 Å². The van der Waals surface area contributed by atoms with Gasteiger partial charge in [-0.15, -0.1) is 0 Å². The molecule has 0 bridgehead atoms. The number of aliphatic carboxylic acids is 1. The van der Waals surface area contributed by atoms with Crippen molar-refractivity contribution >= 4 is 5.97 Å². The third-order valence-corrected chi connectivity index (χ3v) is 4.90. The number of carbonyl (C=O) groups is 1. The number of nitrogens with zero attached hydrogens (tertiary/aromatic N) is 2. The third kappa shape index (κ3) is 1.93. The molecule has 0 radical (unpaired) electrons. The zero-order valence-corrected chi connectivity index (χ0v) is 12.1. The van der Waals surface area contributed by atoms with Gasteiger partial charge in [-0.1, -0.05) is 24.3 Å². The first-order chi connectivity index (χ1) is 10.7. The lowest BCUT2D eigenvalue weighted by molar-refractivity contribution is -0.140. The van der Waals surface area contributed by atoms with Crippen LogP contribution in [0.5, 0.6) is 0 Å². The second-order valence-electron chi connectivity index (χ2n) is 6.08. The second kappa shape index (κ2) is 4.88. The number of fused-ring (bicyclic) bond motifs is 1. The van der Waals surface area contributed by atoms with Crippen LogP contribution in [-0.4, -0.2) is 27.1 Å². The summed E-state index contributed by atoms with van der Waals surface area (Å²) in [6.45, 7) is 0. The zero-order valence-electron chi connectivity index (χ0n) is 12.1. The van der Waals surface area contributed by atoms with Crippen molar-refractivity contribution in [1.29, 1.82) is 0 Å². The summed E-state index contributed by atoms with van der Waals surface area (Å²) in [5, 5.41) is 13.2. The Morgan fingerprint density at radius 2 is 2.18 bits per heavy atom. The zero-order chi connectivity index (χ0) is 15.2. The lowest BCUT2D eigenvalue weighted by Crippen LogP contribution is -2.34. The van der Waals surface area contributed by atoms with Crippen LogP contribution in [0, 0.1) is 0 Å². The summed E-state index contributed by atoms with van der Waals surface area (Å²) < 4.78 is 0. The normalized spacial score (nSPS) is 29.1. The fourth-order valence-electron chi connectivity index (χ4n) is 3.60. The fraction of sp³-hybridized carbons (Fsp3) is 0.353. The van der Waals surface area contributed by atoms with E-state index < -0.39 is 11.4 Å². The minimum absolute atomic E-state index is 0.0853. The minimum Gasteiger partial charge on any atom is -0.480 e. The molecule has 0 spiro atoms. The SMILES string of the molecule is O=C(O)C1(c2cnccn2)CC1NC1CCc2ccccc21. The smallest absolute Gasteiger partial charge is 0.317 e. The molecule has 2 aromatic rings. The first kappa shape index (κ1) is 13.4. The predicted molar refractivity (Wildman–Crippen MR) is 80.4 cm³/mol. The largest absolute Gasteiger partial charge is 0.480 e. The molecule has 2 N–H and O–H groups in total. The molecule has 3 unspecified atom stereocenters. The Kier molecular flexibility index (Phi) is 2.97. The van der Waals surface area contributed by atoms with Gasteiger partial charge in [0.15, 0.2) is 0 Å². The van der Waals surface area contributed by atoms with Gasteiger partial charge in [0.05, 0.1) is 5.69 Å². The molecule has 5 nitrogen and oxygen atoms in total. The van der Waals surface area contributed by atoms with Crippen LogP contribution in [0.25, 0.3) is 0 Å². The molecule has 112 valence electrons. The van der Waals surface area contributed by atoms with E-state index in [0.717, 1.165) is 12.8 Å². The summed E-state index contributed by atoms with van der Waals surface area (Å²) in [5.41, 5.74) is 2.28. The van der Waals surface area contributed by atoms with Crippen molar-refractivity contribution in [2.45, 2.75) is 36.8 Å². The highest BCUT2D eigenvalue weighted by molar-refractivity contribution is 5.86. The van der Waals surface area contributed by atoms with E-state index in [4.69, 9.17) is 0 Å². The molecule has 22 heavy (non-hydrogen) atoms. The van der Waals surface area contributed by atoms with Crippen LogP contribution in [0.4, 0.5) is 0 Å². The van der Waals surface area contributed by atoms with E-state index in [2.05, 4.69) is 33.5 Å². The Labute approximate surface area is 128 Å². The summed E-state index contributed by atoms with van der Waals surface area (Å²) >= 11 is 0. The first-order valence-corrected chi connectivity index (χ1v) is 7.55. The molecule has 0 saturated heterocycles. The molecule has 5 heteroatoms. The average Bonchev–Trinajstić information content (AvgIpc) is 3.14. The highest BCUT2D eigenvalue weighted by Crippen LogP contribution is 2.49. The highest BCUT2D eigenvalue weighted by atomic mass is 16.4. The van der Waals surface area contributed by atoms with Crippen LogP contribution >= 0.6 is 0 Å². The number of hydrogen-bond acceptors (Lipinski definition) is 4. The Morgan fingerprint density at radius 1 is 1.32 bits per heavy atom. The number of hydrogen-bond donors (Lipinski definition) is 2. The van der Waals surface area contributed by atoms with Gasteiger partial charge >= 0.3 is 5.97 Å². The molecule has 2 aliphatic carbocycles. The van der Waals surface area contributed by atoms with E-state index >= 15 is 0 Å². The molecular formula is C17H17N3O2. The van der Waals surface area contributed by atoms with Gasteiger partial charge in [-0.05, 0) is 30.4 Å². The number of rotatable bonds is 4. The summed E-state index contributed by atoms with van der Waals surface area (Å²) in [5.74, 6) is -0.822. The van der Waals surface area contributed by atoms with E-state index in [1.54, 1.807) is 18.6 Å². The molecule has 1 aromatic heterocycles. The minimum atomic E-state index is -0.925. The van der Waals surface area contributed by atoms with E-state index in [1.807, 2.05) is 6.07 Å².